The van der Waals surface area contributed by atoms with Gasteiger partial charge in [0.05, 0.1) is 6.10 Å². The van der Waals surface area contributed by atoms with Crippen molar-refractivity contribution in [1.82, 2.24) is 14.8 Å². The number of allylic oxidation sites excluding steroid dienone is 1. The number of aromatic nitrogens is 1. The number of piperazine rings is 1. The van der Waals surface area contributed by atoms with Crippen LogP contribution in [-0.2, 0) is 4.79 Å². The van der Waals surface area contributed by atoms with Gasteiger partial charge in [-0.25, -0.2) is 0 Å². The van der Waals surface area contributed by atoms with Crippen molar-refractivity contribution in [2.75, 3.05) is 19.6 Å². The van der Waals surface area contributed by atoms with Crippen molar-refractivity contribution in [3.8, 4) is 0 Å². The van der Waals surface area contributed by atoms with E-state index in [9.17, 15) is 14.7 Å². The SMILES string of the molecule is CC(CCC(=O)N1CCN(C(=O)c2ccncc2)C[C@@H]1C)[C@H]1CC[C@H]2[C@@H]3CC=C4C[C@@H](O)CC[C@]4(C)[C@H]3CC[C@]12C. The van der Waals surface area contributed by atoms with Gasteiger partial charge in [-0.1, -0.05) is 32.4 Å². The molecule has 0 spiro atoms. The van der Waals surface area contributed by atoms with Crippen molar-refractivity contribution in [1.29, 1.82) is 0 Å². The molecule has 1 saturated heterocycles. The summed E-state index contributed by atoms with van der Waals surface area (Å²) in [5.74, 6) is 3.86. The lowest BCUT2D eigenvalue weighted by Crippen LogP contribution is -2.55. The molecule has 6 heteroatoms. The summed E-state index contributed by atoms with van der Waals surface area (Å²) in [4.78, 5) is 34.2. The Morgan fingerprint density at radius 1 is 1.07 bits per heavy atom. The van der Waals surface area contributed by atoms with Crippen molar-refractivity contribution >= 4 is 11.8 Å². The van der Waals surface area contributed by atoms with Crippen LogP contribution in [0.1, 0.15) is 102 Å². The molecular weight excluding hydrogens is 510 g/mol. The van der Waals surface area contributed by atoms with E-state index in [1.807, 2.05) is 9.80 Å². The molecule has 0 bridgehead atoms. The number of amides is 2. The monoisotopic (exact) mass is 561 g/mol. The number of hydrogen-bond donors (Lipinski definition) is 1. The van der Waals surface area contributed by atoms with Crippen molar-refractivity contribution in [2.45, 2.75) is 104 Å². The van der Waals surface area contributed by atoms with E-state index in [0.29, 0.717) is 54.3 Å². The number of nitrogens with zero attached hydrogens (tertiary/aromatic N) is 3. The third-order valence-corrected chi connectivity index (χ3v) is 12.8. The Labute approximate surface area is 247 Å². The smallest absolute Gasteiger partial charge is 0.254 e. The van der Waals surface area contributed by atoms with E-state index in [0.717, 1.165) is 43.4 Å². The second-order valence-corrected chi connectivity index (χ2v) is 14.8. The van der Waals surface area contributed by atoms with Gasteiger partial charge in [0, 0.05) is 50.1 Å². The first-order chi connectivity index (χ1) is 19.6. The Bertz CT molecular complexity index is 1170. The molecule has 1 aliphatic heterocycles. The van der Waals surface area contributed by atoms with Gasteiger partial charge >= 0.3 is 0 Å². The fourth-order valence-electron chi connectivity index (χ4n) is 10.5. The normalized spacial score (nSPS) is 39.3. The zero-order chi connectivity index (χ0) is 28.9. The molecule has 1 aromatic rings. The highest BCUT2D eigenvalue weighted by Gasteiger charge is 2.59. The molecule has 5 aliphatic rings. The molecule has 4 fully saturated rings. The molecule has 224 valence electrons. The molecule has 6 nitrogen and oxygen atoms in total. The maximum atomic E-state index is 13.4. The van der Waals surface area contributed by atoms with Gasteiger partial charge in [-0.15, -0.1) is 0 Å². The van der Waals surface area contributed by atoms with Crippen molar-refractivity contribution in [3.05, 3.63) is 41.7 Å². The fourth-order valence-corrected chi connectivity index (χ4v) is 10.5. The van der Waals surface area contributed by atoms with Crippen LogP contribution in [0.15, 0.2) is 36.2 Å². The zero-order valence-electron chi connectivity index (χ0n) is 25.7. The Kier molecular flexibility index (Phi) is 7.84. The Balaban J connectivity index is 1.04. The van der Waals surface area contributed by atoms with Gasteiger partial charge in [0.25, 0.3) is 5.91 Å². The summed E-state index contributed by atoms with van der Waals surface area (Å²) < 4.78 is 0. The minimum absolute atomic E-state index is 0.0264. The molecule has 6 rings (SSSR count). The van der Waals surface area contributed by atoms with Gasteiger partial charge in [-0.2, -0.15) is 0 Å². The lowest BCUT2D eigenvalue weighted by molar-refractivity contribution is -0.135. The highest BCUT2D eigenvalue weighted by molar-refractivity contribution is 5.94. The first-order valence-electron chi connectivity index (χ1n) is 16.5. The summed E-state index contributed by atoms with van der Waals surface area (Å²) in [6.45, 7) is 11.4. The van der Waals surface area contributed by atoms with E-state index >= 15 is 0 Å². The number of carbonyl (C=O) groups is 2. The number of hydrogen-bond acceptors (Lipinski definition) is 4. The van der Waals surface area contributed by atoms with Crippen LogP contribution in [0.5, 0.6) is 0 Å². The predicted molar refractivity (Wildman–Crippen MR) is 161 cm³/mol. The molecule has 9 atom stereocenters. The van der Waals surface area contributed by atoms with Crippen LogP contribution < -0.4 is 0 Å². The molecule has 0 radical (unpaired) electrons. The molecular formula is C35H51N3O3. The molecule has 2 amide bonds. The van der Waals surface area contributed by atoms with E-state index in [1.165, 1.54) is 32.1 Å². The summed E-state index contributed by atoms with van der Waals surface area (Å²) in [6.07, 6.45) is 16.8. The number of aliphatic hydroxyl groups excluding tert-OH is 1. The molecule has 1 N–H and O–H groups in total. The van der Waals surface area contributed by atoms with Gasteiger partial charge < -0.3 is 14.9 Å². The van der Waals surface area contributed by atoms with Gasteiger partial charge in [-0.3, -0.25) is 14.6 Å². The summed E-state index contributed by atoms with van der Waals surface area (Å²) in [7, 11) is 0. The number of fused-ring (bicyclic) bond motifs is 5. The Morgan fingerprint density at radius 3 is 2.61 bits per heavy atom. The van der Waals surface area contributed by atoms with E-state index in [4.69, 9.17) is 0 Å². The Morgan fingerprint density at radius 2 is 1.85 bits per heavy atom. The highest BCUT2D eigenvalue weighted by atomic mass is 16.3. The van der Waals surface area contributed by atoms with Crippen LogP contribution in [0.3, 0.4) is 0 Å². The van der Waals surface area contributed by atoms with Gasteiger partial charge in [0.15, 0.2) is 0 Å². The first kappa shape index (κ1) is 28.9. The number of rotatable bonds is 5. The summed E-state index contributed by atoms with van der Waals surface area (Å²) in [5.41, 5.74) is 2.89. The lowest BCUT2D eigenvalue weighted by atomic mass is 9.47. The van der Waals surface area contributed by atoms with Crippen LogP contribution in [-0.4, -0.2) is 63.5 Å². The third kappa shape index (κ3) is 5.06. The van der Waals surface area contributed by atoms with E-state index in [2.05, 4.69) is 38.8 Å². The number of pyridine rings is 1. The average Bonchev–Trinajstić information content (AvgIpc) is 3.33. The lowest BCUT2D eigenvalue weighted by Gasteiger charge is -2.58. The molecule has 1 unspecified atom stereocenters. The van der Waals surface area contributed by atoms with Gasteiger partial charge in [0.1, 0.15) is 0 Å². The van der Waals surface area contributed by atoms with Crippen LogP contribution >= 0.6 is 0 Å². The van der Waals surface area contributed by atoms with Gasteiger partial charge in [-0.05, 0) is 117 Å². The molecule has 2 heterocycles. The van der Waals surface area contributed by atoms with E-state index in [-0.39, 0.29) is 24.0 Å². The second-order valence-electron chi connectivity index (χ2n) is 14.8. The third-order valence-electron chi connectivity index (χ3n) is 12.8. The number of carbonyl (C=O) groups excluding carboxylic acids is 2. The highest BCUT2D eigenvalue weighted by Crippen LogP contribution is 2.67. The van der Waals surface area contributed by atoms with E-state index in [1.54, 1.807) is 30.1 Å². The van der Waals surface area contributed by atoms with Crippen LogP contribution in [0.4, 0.5) is 0 Å². The Hall–Kier alpha value is -2.21. The predicted octanol–water partition coefficient (Wildman–Crippen LogP) is 6.11. The molecule has 0 aromatic carbocycles. The molecule has 1 aromatic heterocycles. The standard InChI is InChI=1S/C35H51N3O3/c1-23(5-10-32(40)38-20-19-37(22-24(38)2)33(41)25-13-17-36-18-14-25)29-8-9-30-28-7-6-26-21-27(39)11-15-34(26,3)31(28)12-16-35(29,30)4/h6,13-14,17-18,23-24,27-31,39H,5,7-12,15-16,19-22H2,1-4H3/t23?,24-,27-,28-,29+,30-,31-,34-,35+/m0/s1. The van der Waals surface area contributed by atoms with Crippen molar-refractivity contribution in [2.24, 2.45) is 40.4 Å². The van der Waals surface area contributed by atoms with Gasteiger partial charge in [0.2, 0.25) is 5.91 Å². The van der Waals surface area contributed by atoms with Crippen LogP contribution in [0.2, 0.25) is 0 Å². The van der Waals surface area contributed by atoms with Crippen LogP contribution in [0, 0.1) is 40.4 Å². The zero-order valence-corrected chi connectivity index (χ0v) is 25.7. The quantitative estimate of drug-likeness (QED) is 0.440. The van der Waals surface area contributed by atoms with Crippen molar-refractivity contribution in [3.63, 3.8) is 0 Å². The average molecular weight is 562 g/mol. The summed E-state index contributed by atoms with van der Waals surface area (Å²) >= 11 is 0. The topological polar surface area (TPSA) is 73.7 Å². The molecule has 3 saturated carbocycles. The number of aliphatic hydroxyl groups is 1. The summed E-state index contributed by atoms with van der Waals surface area (Å²) in [5, 5.41) is 10.3. The molecule has 41 heavy (non-hydrogen) atoms. The summed E-state index contributed by atoms with van der Waals surface area (Å²) in [6, 6.07) is 3.56. The molecule has 4 aliphatic carbocycles. The fraction of sp³-hybridized carbons (Fsp3) is 0.743. The second kappa shape index (κ2) is 11.1. The largest absolute Gasteiger partial charge is 0.393 e. The minimum Gasteiger partial charge on any atom is -0.393 e. The maximum Gasteiger partial charge on any atom is 0.254 e. The van der Waals surface area contributed by atoms with Crippen LogP contribution in [0.25, 0.3) is 0 Å². The minimum atomic E-state index is -0.138. The van der Waals surface area contributed by atoms with Crippen molar-refractivity contribution < 1.29 is 14.7 Å². The first-order valence-corrected chi connectivity index (χ1v) is 16.5. The maximum absolute atomic E-state index is 13.4. The van der Waals surface area contributed by atoms with E-state index < -0.39 is 0 Å².